The molecule has 0 fully saturated rings. The predicted molar refractivity (Wildman–Crippen MR) is 77.5 cm³/mol. The number of hydrogen-bond donors (Lipinski definition) is 1. The van der Waals surface area contributed by atoms with Crippen molar-refractivity contribution in [2.24, 2.45) is 0 Å². The topological polar surface area (TPSA) is 41.3 Å². The fraction of sp³-hybridized carbons (Fsp3) is 0.667. The van der Waals surface area contributed by atoms with Crippen LogP contribution in [0.4, 0.5) is 0 Å². The summed E-state index contributed by atoms with van der Waals surface area (Å²) in [7, 11) is 0. The Labute approximate surface area is 116 Å². The van der Waals surface area contributed by atoms with E-state index in [1.54, 1.807) is 0 Å². The molecule has 4 nitrogen and oxygen atoms in total. The van der Waals surface area contributed by atoms with Gasteiger partial charge in [0.15, 0.2) is 5.76 Å². The Hall–Kier alpha value is -1.31. The van der Waals surface area contributed by atoms with Crippen molar-refractivity contribution in [3.05, 3.63) is 17.5 Å². The molecule has 1 heterocycles. The van der Waals surface area contributed by atoms with Crippen LogP contribution in [0.1, 0.15) is 45.6 Å². The van der Waals surface area contributed by atoms with Gasteiger partial charge in [-0.3, -0.25) is 4.90 Å². The standard InChI is InChI=1S/C15H25N3O/c1-6-8-18(9-7-2)12-14-10-13(17-19-14)11-16-15(3,4)5/h1,10,16H,7-9,11-12H2,2-5H3. The molecule has 0 saturated heterocycles. The minimum absolute atomic E-state index is 0.0802. The van der Waals surface area contributed by atoms with Crippen LogP contribution in [-0.2, 0) is 13.1 Å². The first-order valence-corrected chi connectivity index (χ1v) is 6.80. The fourth-order valence-electron chi connectivity index (χ4n) is 1.75. The van der Waals surface area contributed by atoms with Gasteiger partial charge < -0.3 is 9.84 Å². The van der Waals surface area contributed by atoms with E-state index in [9.17, 15) is 0 Å². The van der Waals surface area contributed by atoms with Crippen LogP contribution in [0, 0.1) is 12.3 Å². The van der Waals surface area contributed by atoms with Crippen molar-refractivity contribution in [1.29, 1.82) is 0 Å². The van der Waals surface area contributed by atoms with Gasteiger partial charge in [0.25, 0.3) is 0 Å². The van der Waals surface area contributed by atoms with Crippen LogP contribution in [0.2, 0.25) is 0 Å². The molecule has 0 saturated carbocycles. The number of aromatic nitrogens is 1. The summed E-state index contributed by atoms with van der Waals surface area (Å²) >= 11 is 0. The Kier molecular flexibility index (Phi) is 6.07. The average Bonchev–Trinajstić information content (AvgIpc) is 2.74. The van der Waals surface area contributed by atoms with Gasteiger partial charge in [-0.05, 0) is 33.7 Å². The zero-order valence-electron chi connectivity index (χ0n) is 12.5. The minimum atomic E-state index is 0.0802. The molecule has 1 N–H and O–H groups in total. The van der Waals surface area contributed by atoms with Crippen LogP contribution >= 0.6 is 0 Å². The molecule has 106 valence electrons. The van der Waals surface area contributed by atoms with E-state index in [-0.39, 0.29) is 5.54 Å². The molecule has 1 aromatic rings. The zero-order chi connectivity index (χ0) is 14.3. The van der Waals surface area contributed by atoms with Crippen molar-refractivity contribution in [3.63, 3.8) is 0 Å². The second-order valence-corrected chi connectivity index (χ2v) is 5.80. The Morgan fingerprint density at radius 2 is 2.21 bits per heavy atom. The zero-order valence-corrected chi connectivity index (χ0v) is 12.5. The Bertz CT molecular complexity index is 412. The van der Waals surface area contributed by atoms with Crippen molar-refractivity contribution >= 4 is 0 Å². The number of nitrogens with one attached hydrogen (secondary N) is 1. The number of nitrogens with zero attached hydrogens (tertiary/aromatic N) is 2. The lowest BCUT2D eigenvalue weighted by Gasteiger charge is -2.19. The lowest BCUT2D eigenvalue weighted by atomic mass is 10.1. The lowest BCUT2D eigenvalue weighted by molar-refractivity contribution is 0.253. The molecule has 0 bridgehead atoms. The molecule has 0 aromatic carbocycles. The third-order valence-corrected chi connectivity index (χ3v) is 2.64. The second-order valence-electron chi connectivity index (χ2n) is 5.80. The van der Waals surface area contributed by atoms with Gasteiger partial charge in [-0.2, -0.15) is 0 Å². The first-order valence-electron chi connectivity index (χ1n) is 6.80. The summed E-state index contributed by atoms with van der Waals surface area (Å²) in [6.45, 7) is 11.6. The second kappa shape index (κ2) is 7.32. The smallest absolute Gasteiger partial charge is 0.151 e. The van der Waals surface area contributed by atoms with Crippen LogP contribution in [0.15, 0.2) is 10.6 Å². The van der Waals surface area contributed by atoms with Crippen molar-refractivity contribution in [1.82, 2.24) is 15.4 Å². The normalized spacial score (nSPS) is 11.8. The SMILES string of the molecule is C#CCN(CCC)Cc1cc(CNC(C)(C)C)no1. The Balaban J connectivity index is 2.51. The predicted octanol–water partition coefficient (Wildman–Crippen LogP) is 2.41. The molecule has 1 aromatic heterocycles. The van der Waals surface area contributed by atoms with Gasteiger partial charge in [-0.25, -0.2) is 0 Å². The number of rotatable bonds is 7. The molecule has 0 aliphatic heterocycles. The van der Waals surface area contributed by atoms with Gasteiger partial charge in [0.1, 0.15) is 0 Å². The number of hydrogen-bond acceptors (Lipinski definition) is 4. The highest BCUT2D eigenvalue weighted by atomic mass is 16.5. The third kappa shape index (κ3) is 6.42. The van der Waals surface area contributed by atoms with E-state index in [4.69, 9.17) is 10.9 Å². The summed E-state index contributed by atoms with van der Waals surface area (Å²) in [4.78, 5) is 2.18. The van der Waals surface area contributed by atoms with E-state index < -0.39 is 0 Å². The highest BCUT2D eigenvalue weighted by Gasteiger charge is 2.12. The molecule has 0 aliphatic carbocycles. The van der Waals surface area contributed by atoms with Gasteiger partial charge in [-0.15, -0.1) is 6.42 Å². The van der Waals surface area contributed by atoms with E-state index in [0.717, 1.165) is 37.5 Å². The van der Waals surface area contributed by atoms with Crippen LogP contribution in [0.5, 0.6) is 0 Å². The van der Waals surface area contributed by atoms with Crippen LogP contribution in [0.25, 0.3) is 0 Å². The molecule has 19 heavy (non-hydrogen) atoms. The van der Waals surface area contributed by atoms with Crippen molar-refractivity contribution in [3.8, 4) is 12.3 Å². The van der Waals surface area contributed by atoms with Crippen LogP contribution < -0.4 is 5.32 Å². The first-order chi connectivity index (χ1) is 8.94. The maximum Gasteiger partial charge on any atom is 0.151 e. The highest BCUT2D eigenvalue weighted by Crippen LogP contribution is 2.09. The molecular weight excluding hydrogens is 238 g/mol. The van der Waals surface area contributed by atoms with E-state index in [0.29, 0.717) is 6.54 Å². The quantitative estimate of drug-likeness (QED) is 0.767. The summed E-state index contributed by atoms with van der Waals surface area (Å²) in [5.74, 6) is 3.55. The molecular formula is C15H25N3O. The summed E-state index contributed by atoms with van der Waals surface area (Å²) in [5.41, 5.74) is 1.01. The molecule has 4 heteroatoms. The van der Waals surface area contributed by atoms with Crippen molar-refractivity contribution in [2.45, 2.75) is 52.7 Å². The van der Waals surface area contributed by atoms with Gasteiger partial charge in [0.2, 0.25) is 0 Å². The summed E-state index contributed by atoms with van der Waals surface area (Å²) < 4.78 is 5.35. The first kappa shape index (κ1) is 15.7. The van der Waals surface area contributed by atoms with Crippen LogP contribution in [0.3, 0.4) is 0 Å². The van der Waals surface area contributed by atoms with Gasteiger partial charge in [0.05, 0.1) is 18.8 Å². The molecule has 0 aliphatic rings. The minimum Gasteiger partial charge on any atom is -0.360 e. The Morgan fingerprint density at radius 3 is 2.79 bits per heavy atom. The maximum atomic E-state index is 5.37. The third-order valence-electron chi connectivity index (χ3n) is 2.64. The molecule has 0 amide bonds. The molecule has 0 spiro atoms. The monoisotopic (exact) mass is 263 g/mol. The molecule has 0 radical (unpaired) electrons. The van der Waals surface area contributed by atoms with E-state index in [1.807, 2.05) is 6.07 Å². The number of terminal acetylenes is 1. The Morgan fingerprint density at radius 1 is 1.47 bits per heavy atom. The lowest BCUT2D eigenvalue weighted by Crippen LogP contribution is -2.35. The van der Waals surface area contributed by atoms with Gasteiger partial charge >= 0.3 is 0 Å². The van der Waals surface area contributed by atoms with E-state index >= 15 is 0 Å². The fourth-order valence-corrected chi connectivity index (χ4v) is 1.75. The van der Waals surface area contributed by atoms with E-state index in [2.05, 4.69) is 49.0 Å². The molecule has 0 unspecified atom stereocenters. The largest absolute Gasteiger partial charge is 0.360 e. The van der Waals surface area contributed by atoms with Gasteiger partial charge in [-0.1, -0.05) is 18.0 Å². The van der Waals surface area contributed by atoms with Crippen molar-refractivity contribution < 1.29 is 4.52 Å². The summed E-state index contributed by atoms with van der Waals surface area (Å²) in [6.07, 6.45) is 6.44. The van der Waals surface area contributed by atoms with Crippen LogP contribution in [-0.4, -0.2) is 28.7 Å². The van der Waals surface area contributed by atoms with Crippen molar-refractivity contribution in [2.75, 3.05) is 13.1 Å². The maximum absolute atomic E-state index is 5.37. The van der Waals surface area contributed by atoms with Gasteiger partial charge in [0, 0.05) is 18.2 Å². The summed E-state index contributed by atoms with van der Waals surface area (Å²) in [6, 6.07) is 2.00. The summed E-state index contributed by atoms with van der Waals surface area (Å²) in [5, 5.41) is 7.46. The highest BCUT2D eigenvalue weighted by molar-refractivity contribution is 5.06. The van der Waals surface area contributed by atoms with E-state index in [1.165, 1.54) is 0 Å². The molecule has 0 atom stereocenters. The average molecular weight is 263 g/mol. The molecule has 1 rings (SSSR count).